The Kier molecular flexibility index (Phi) is 6.05. The Bertz CT molecular complexity index is 695. The molecule has 5 nitrogen and oxygen atoms in total. The molecule has 1 aliphatic rings. The topological polar surface area (TPSA) is 66.8 Å². The minimum atomic E-state index is -4.90. The normalized spacial score (nSPS) is 20.3. The highest BCUT2D eigenvalue weighted by Crippen LogP contribution is 2.45. The van der Waals surface area contributed by atoms with Gasteiger partial charge in [-0.15, -0.1) is 0 Å². The summed E-state index contributed by atoms with van der Waals surface area (Å²) >= 11 is 5.91. The van der Waals surface area contributed by atoms with Gasteiger partial charge in [0.05, 0.1) is 6.61 Å². The quantitative estimate of drug-likeness (QED) is 0.749. The Balaban J connectivity index is 1.83. The third-order valence-corrected chi connectivity index (χ3v) is 4.93. The van der Waals surface area contributed by atoms with Crippen molar-refractivity contribution in [3.63, 3.8) is 0 Å². The summed E-state index contributed by atoms with van der Waals surface area (Å²) in [6.45, 7) is 0.967. The van der Waals surface area contributed by atoms with Crippen molar-refractivity contribution >= 4 is 23.5 Å². The van der Waals surface area contributed by atoms with Crippen molar-refractivity contribution in [2.75, 3.05) is 19.7 Å². The highest BCUT2D eigenvalue weighted by atomic mass is 35.5. The molecule has 0 radical (unpaired) electrons. The zero-order valence-electron chi connectivity index (χ0n) is 14.1. The van der Waals surface area contributed by atoms with Crippen LogP contribution in [-0.2, 0) is 9.59 Å². The number of hydrogen-bond donors (Lipinski definition) is 1. The summed E-state index contributed by atoms with van der Waals surface area (Å²) in [6.07, 6.45) is -5.23. The van der Waals surface area contributed by atoms with Crippen molar-refractivity contribution in [2.24, 2.45) is 5.41 Å². The van der Waals surface area contributed by atoms with Crippen molar-refractivity contribution in [3.05, 3.63) is 28.8 Å². The molecule has 1 atom stereocenters. The van der Waals surface area contributed by atoms with Crippen molar-refractivity contribution in [3.8, 4) is 5.75 Å². The Labute approximate surface area is 153 Å². The maximum absolute atomic E-state index is 13.1. The Hall–Kier alpha value is -1.96. The summed E-state index contributed by atoms with van der Waals surface area (Å²) in [4.78, 5) is 24.2. The number of carbonyl (C=O) groups excluding carboxylic acids is 1. The van der Waals surface area contributed by atoms with Crippen molar-refractivity contribution < 1.29 is 32.6 Å². The lowest BCUT2D eigenvalue weighted by atomic mass is 9.86. The first-order valence-corrected chi connectivity index (χ1v) is 8.41. The molecular weight excluding hydrogens is 375 g/mol. The van der Waals surface area contributed by atoms with Gasteiger partial charge in [0.1, 0.15) is 5.75 Å². The zero-order valence-corrected chi connectivity index (χ0v) is 14.9. The first-order chi connectivity index (χ1) is 12.1. The number of ether oxygens (including phenoxy) is 1. The molecule has 0 spiro atoms. The maximum atomic E-state index is 13.1. The largest absolute Gasteiger partial charge is 0.494 e. The highest BCUT2D eigenvalue weighted by Gasteiger charge is 2.64. The average molecular weight is 394 g/mol. The molecule has 26 heavy (non-hydrogen) atoms. The van der Waals surface area contributed by atoms with Gasteiger partial charge in [0, 0.05) is 24.5 Å². The predicted octanol–water partition coefficient (Wildman–Crippen LogP) is 3.67. The fourth-order valence-corrected chi connectivity index (χ4v) is 2.95. The first-order valence-electron chi connectivity index (χ1n) is 8.04. The number of halogens is 4. The van der Waals surface area contributed by atoms with Crippen LogP contribution in [-0.4, -0.2) is 47.8 Å². The molecule has 1 N–H and O–H groups in total. The number of nitrogens with zero attached hydrogens (tertiary/aromatic N) is 1. The summed E-state index contributed by atoms with van der Waals surface area (Å²) in [7, 11) is 0. The number of likely N-dealkylation sites (tertiary alicyclic amines) is 1. The molecule has 1 aromatic rings. The van der Waals surface area contributed by atoms with Gasteiger partial charge in [-0.3, -0.25) is 9.59 Å². The number of carbonyl (C=O) groups is 2. The molecule has 1 saturated heterocycles. The van der Waals surface area contributed by atoms with Crippen LogP contribution in [0.25, 0.3) is 0 Å². The smallest absolute Gasteiger partial charge is 0.406 e. The lowest BCUT2D eigenvalue weighted by Crippen LogP contribution is -2.47. The van der Waals surface area contributed by atoms with E-state index in [1.807, 2.05) is 6.92 Å². The molecule has 1 fully saturated rings. The molecule has 0 aromatic heterocycles. The molecule has 1 amide bonds. The Morgan fingerprint density at radius 2 is 2.08 bits per heavy atom. The minimum absolute atomic E-state index is 0.0138. The standard InChI is InChI=1S/C17H19ClF3NO4/c1-11-9-12(4-5-13(11)18)26-8-2-3-14(23)22-7-6-16(10-22,15(24)25)17(19,20)21/h4-5,9H,2-3,6-8,10H2,1H3,(H,24,25). The third kappa shape index (κ3) is 4.23. The number of aryl methyl sites for hydroxylation is 1. The molecular formula is C17H19ClF3NO4. The molecule has 1 heterocycles. The van der Waals surface area contributed by atoms with E-state index in [2.05, 4.69) is 0 Å². The molecule has 1 aromatic carbocycles. The van der Waals surface area contributed by atoms with Crippen molar-refractivity contribution in [2.45, 2.75) is 32.4 Å². The summed E-state index contributed by atoms with van der Waals surface area (Å²) in [6, 6.07) is 5.11. The van der Waals surface area contributed by atoms with E-state index < -0.39 is 36.4 Å². The van der Waals surface area contributed by atoms with Crippen LogP contribution in [0.4, 0.5) is 13.2 Å². The number of alkyl halides is 3. The third-order valence-electron chi connectivity index (χ3n) is 4.51. The number of aliphatic carboxylic acids is 1. The van der Waals surface area contributed by atoms with Crippen LogP contribution in [0, 0.1) is 12.3 Å². The van der Waals surface area contributed by atoms with Crippen LogP contribution in [0.2, 0.25) is 5.02 Å². The van der Waals surface area contributed by atoms with Crippen molar-refractivity contribution in [1.82, 2.24) is 4.90 Å². The van der Waals surface area contributed by atoms with Gasteiger partial charge in [0.15, 0.2) is 5.41 Å². The predicted molar refractivity (Wildman–Crippen MR) is 88.2 cm³/mol. The monoisotopic (exact) mass is 393 g/mol. The summed E-state index contributed by atoms with van der Waals surface area (Å²) < 4.78 is 44.8. The number of benzene rings is 1. The van der Waals surface area contributed by atoms with Gasteiger partial charge in [0.25, 0.3) is 0 Å². The van der Waals surface area contributed by atoms with E-state index in [1.54, 1.807) is 18.2 Å². The van der Waals surface area contributed by atoms with Crippen LogP contribution in [0.1, 0.15) is 24.8 Å². The molecule has 1 unspecified atom stereocenters. The summed E-state index contributed by atoms with van der Waals surface area (Å²) in [5.74, 6) is -1.86. The van der Waals surface area contributed by atoms with Gasteiger partial charge in [0.2, 0.25) is 5.91 Å². The number of hydrogen-bond acceptors (Lipinski definition) is 3. The van der Waals surface area contributed by atoms with E-state index >= 15 is 0 Å². The molecule has 9 heteroatoms. The van der Waals surface area contributed by atoms with Gasteiger partial charge >= 0.3 is 12.1 Å². The zero-order chi connectivity index (χ0) is 19.5. The lowest BCUT2D eigenvalue weighted by Gasteiger charge is -2.27. The maximum Gasteiger partial charge on any atom is 0.406 e. The molecule has 2 rings (SSSR count). The van der Waals surface area contributed by atoms with E-state index in [-0.39, 0.29) is 19.6 Å². The fourth-order valence-electron chi connectivity index (χ4n) is 2.83. The molecule has 144 valence electrons. The van der Waals surface area contributed by atoms with Crippen LogP contribution in [0.15, 0.2) is 18.2 Å². The first kappa shape index (κ1) is 20.4. The molecule has 0 aliphatic carbocycles. The van der Waals surface area contributed by atoms with Crippen LogP contribution < -0.4 is 4.74 Å². The van der Waals surface area contributed by atoms with Crippen molar-refractivity contribution in [1.29, 1.82) is 0 Å². The summed E-state index contributed by atoms with van der Waals surface area (Å²) in [5.41, 5.74) is -2.03. The van der Waals surface area contributed by atoms with E-state index in [4.69, 9.17) is 21.4 Å². The van der Waals surface area contributed by atoms with Gasteiger partial charge in [-0.2, -0.15) is 13.2 Å². The summed E-state index contributed by atoms with van der Waals surface area (Å²) in [5, 5.41) is 9.60. The lowest BCUT2D eigenvalue weighted by molar-refractivity contribution is -0.227. The fraction of sp³-hybridized carbons (Fsp3) is 0.529. The number of amides is 1. The second-order valence-corrected chi connectivity index (χ2v) is 6.72. The second-order valence-electron chi connectivity index (χ2n) is 6.31. The Morgan fingerprint density at radius 3 is 2.62 bits per heavy atom. The van der Waals surface area contributed by atoms with E-state index in [0.29, 0.717) is 17.2 Å². The van der Waals surface area contributed by atoms with E-state index in [9.17, 15) is 22.8 Å². The number of carboxylic acid groups (broad SMARTS) is 1. The van der Waals surface area contributed by atoms with Gasteiger partial charge < -0.3 is 14.7 Å². The van der Waals surface area contributed by atoms with Gasteiger partial charge in [-0.25, -0.2) is 0 Å². The average Bonchev–Trinajstić information content (AvgIpc) is 3.01. The van der Waals surface area contributed by atoms with Crippen LogP contribution >= 0.6 is 11.6 Å². The second kappa shape index (κ2) is 7.73. The molecule has 1 aliphatic heterocycles. The number of carboxylic acids is 1. The van der Waals surface area contributed by atoms with Gasteiger partial charge in [-0.1, -0.05) is 11.6 Å². The number of rotatable bonds is 6. The van der Waals surface area contributed by atoms with Crippen LogP contribution in [0.5, 0.6) is 5.75 Å². The SMILES string of the molecule is Cc1cc(OCCCC(=O)N2CCC(C(=O)O)(C(F)(F)F)C2)ccc1Cl. The van der Waals surface area contributed by atoms with Crippen LogP contribution in [0.3, 0.4) is 0 Å². The minimum Gasteiger partial charge on any atom is -0.494 e. The highest BCUT2D eigenvalue weighted by molar-refractivity contribution is 6.31. The molecule has 0 saturated carbocycles. The Morgan fingerprint density at radius 1 is 1.38 bits per heavy atom. The molecule has 0 bridgehead atoms. The van der Waals surface area contributed by atoms with E-state index in [1.165, 1.54) is 0 Å². The van der Waals surface area contributed by atoms with Gasteiger partial charge in [-0.05, 0) is 43.5 Å². The van der Waals surface area contributed by atoms with E-state index in [0.717, 1.165) is 10.5 Å².